The quantitative estimate of drug-likeness (QED) is 0.641. The summed E-state index contributed by atoms with van der Waals surface area (Å²) in [6.07, 6.45) is 4.26. The highest BCUT2D eigenvalue weighted by Gasteiger charge is 2.36. The summed E-state index contributed by atoms with van der Waals surface area (Å²) >= 11 is 1.47. The van der Waals surface area contributed by atoms with Gasteiger partial charge in [0.1, 0.15) is 5.03 Å². The number of pyridine rings is 1. The first kappa shape index (κ1) is 16.1. The predicted octanol–water partition coefficient (Wildman–Crippen LogP) is 2.24. The molecular formula is C15H22N2O3S. The maximum Gasteiger partial charge on any atom is 0.308 e. The van der Waals surface area contributed by atoms with Crippen LogP contribution in [-0.4, -0.2) is 34.0 Å². The molecule has 1 aliphatic rings. The van der Waals surface area contributed by atoms with E-state index >= 15 is 0 Å². The average molecular weight is 310 g/mol. The Morgan fingerprint density at radius 2 is 2.29 bits per heavy atom. The molecule has 6 heteroatoms. The van der Waals surface area contributed by atoms with Crippen molar-refractivity contribution < 1.29 is 14.6 Å². The Morgan fingerprint density at radius 1 is 1.57 bits per heavy atom. The average Bonchev–Trinajstić information content (AvgIpc) is 2.47. The van der Waals surface area contributed by atoms with Gasteiger partial charge in [0, 0.05) is 11.9 Å². The summed E-state index contributed by atoms with van der Waals surface area (Å²) < 4.78 is 5.04. The fourth-order valence-electron chi connectivity index (χ4n) is 2.52. The van der Waals surface area contributed by atoms with Gasteiger partial charge in [-0.05, 0) is 44.7 Å². The first-order chi connectivity index (χ1) is 10.0. The summed E-state index contributed by atoms with van der Waals surface area (Å²) in [6.45, 7) is 2.22. The fraction of sp³-hybridized carbons (Fsp3) is 0.600. The topological polar surface area (TPSA) is 85.4 Å². The molecule has 21 heavy (non-hydrogen) atoms. The highest BCUT2D eigenvalue weighted by Crippen LogP contribution is 2.37. The summed E-state index contributed by atoms with van der Waals surface area (Å²) in [4.78, 5) is 15.9. The summed E-state index contributed by atoms with van der Waals surface area (Å²) in [5.74, 6) is 0.334. The number of nitrogens with zero attached hydrogens (tertiary/aromatic N) is 1. The van der Waals surface area contributed by atoms with E-state index in [0.717, 1.165) is 5.03 Å². The molecule has 1 fully saturated rings. The Balaban J connectivity index is 1.85. The van der Waals surface area contributed by atoms with E-state index in [-0.39, 0.29) is 11.9 Å². The minimum atomic E-state index is -0.752. The second-order valence-corrected chi connectivity index (χ2v) is 6.40. The summed E-state index contributed by atoms with van der Waals surface area (Å²) in [5, 5.41) is 11.4. The third kappa shape index (κ3) is 4.35. The van der Waals surface area contributed by atoms with Gasteiger partial charge < -0.3 is 15.6 Å². The number of esters is 1. The SMILES string of the molecule is CCOC(=O)C1CCC(O)(CSc2ncccc2N)CC1. The molecule has 0 spiro atoms. The number of rotatable bonds is 5. The van der Waals surface area contributed by atoms with Gasteiger partial charge >= 0.3 is 5.97 Å². The van der Waals surface area contributed by atoms with Crippen LogP contribution in [0.4, 0.5) is 5.69 Å². The smallest absolute Gasteiger partial charge is 0.308 e. The normalized spacial score (nSPS) is 25.5. The second-order valence-electron chi connectivity index (χ2n) is 5.44. The van der Waals surface area contributed by atoms with Crippen molar-refractivity contribution in [3.05, 3.63) is 18.3 Å². The molecule has 0 aromatic carbocycles. The Kier molecular flexibility index (Phi) is 5.47. The van der Waals surface area contributed by atoms with Crippen molar-refractivity contribution >= 4 is 23.4 Å². The van der Waals surface area contributed by atoms with Crippen LogP contribution in [0.5, 0.6) is 0 Å². The molecule has 116 valence electrons. The number of nitrogens with two attached hydrogens (primary N) is 1. The lowest BCUT2D eigenvalue weighted by Crippen LogP contribution is -2.38. The van der Waals surface area contributed by atoms with Gasteiger partial charge in [0.05, 0.1) is 23.8 Å². The van der Waals surface area contributed by atoms with Crippen LogP contribution in [0.3, 0.4) is 0 Å². The summed E-state index contributed by atoms with van der Waals surface area (Å²) in [5.41, 5.74) is 5.73. The third-order valence-corrected chi connectivity index (χ3v) is 5.11. The molecule has 0 unspecified atom stereocenters. The monoisotopic (exact) mass is 310 g/mol. The van der Waals surface area contributed by atoms with Crippen molar-refractivity contribution in [1.82, 2.24) is 4.98 Å². The van der Waals surface area contributed by atoms with Gasteiger partial charge in [-0.2, -0.15) is 0 Å². The fourth-order valence-corrected chi connectivity index (χ4v) is 3.59. The van der Waals surface area contributed by atoms with E-state index in [1.54, 1.807) is 18.3 Å². The molecule has 0 saturated heterocycles. The highest BCUT2D eigenvalue weighted by atomic mass is 32.2. The number of anilines is 1. The minimum Gasteiger partial charge on any atom is -0.466 e. The van der Waals surface area contributed by atoms with Gasteiger partial charge in [0.15, 0.2) is 0 Å². The molecule has 5 nitrogen and oxygen atoms in total. The van der Waals surface area contributed by atoms with E-state index in [4.69, 9.17) is 10.5 Å². The lowest BCUT2D eigenvalue weighted by Gasteiger charge is -2.34. The minimum absolute atomic E-state index is 0.0739. The molecule has 1 heterocycles. The zero-order valence-corrected chi connectivity index (χ0v) is 13.1. The van der Waals surface area contributed by atoms with E-state index < -0.39 is 5.60 Å². The zero-order chi connectivity index (χ0) is 15.3. The molecule has 0 atom stereocenters. The lowest BCUT2D eigenvalue weighted by molar-refractivity contribution is -0.150. The third-order valence-electron chi connectivity index (χ3n) is 3.81. The summed E-state index contributed by atoms with van der Waals surface area (Å²) in [7, 11) is 0. The maximum absolute atomic E-state index is 11.7. The molecule has 0 radical (unpaired) electrons. The van der Waals surface area contributed by atoms with E-state index in [0.29, 0.717) is 43.7 Å². The van der Waals surface area contributed by atoms with Crippen LogP contribution in [-0.2, 0) is 9.53 Å². The van der Waals surface area contributed by atoms with Gasteiger partial charge in [-0.3, -0.25) is 4.79 Å². The van der Waals surface area contributed by atoms with E-state index in [2.05, 4.69) is 4.98 Å². The van der Waals surface area contributed by atoms with Gasteiger partial charge in [-0.1, -0.05) is 0 Å². The van der Waals surface area contributed by atoms with Crippen LogP contribution in [0.15, 0.2) is 23.4 Å². The standard InChI is InChI=1S/C15H22N2O3S/c1-2-20-14(18)11-5-7-15(19,8-6-11)10-21-13-12(16)4-3-9-17-13/h3-4,9,11,19H,2,5-8,10,16H2,1H3. The molecule has 1 saturated carbocycles. The van der Waals surface area contributed by atoms with Crippen LogP contribution in [0, 0.1) is 5.92 Å². The number of thioether (sulfide) groups is 1. The van der Waals surface area contributed by atoms with Gasteiger partial charge in [-0.25, -0.2) is 4.98 Å². The number of carbonyl (C=O) groups excluding carboxylic acids is 1. The number of ether oxygens (including phenoxy) is 1. The molecule has 2 rings (SSSR count). The van der Waals surface area contributed by atoms with Crippen LogP contribution >= 0.6 is 11.8 Å². The van der Waals surface area contributed by atoms with Crippen LogP contribution < -0.4 is 5.73 Å². The number of hydrogen-bond acceptors (Lipinski definition) is 6. The van der Waals surface area contributed by atoms with Crippen molar-refractivity contribution in [2.45, 2.75) is 43.2 Å². The van der Waals surface area contributed by atoms with Gasteiger partial charge in [-0.15, -0.1) is 11.8 Å². The van der Waals surface area contributed by atoms with E-state index in [1.807, 2.05) is 6.92 Å². The molecule has 1 aromatic heterocycles. The maximum atomic E-state index is 11.7. The number of aromatic nitrogens is 1. The highest BCUT2D eigenvalue weighted by molar-refractivity contribution is 7.99. The van der Waals surface area contributed by atoms with Crippen LogP contribution in [0.25, 0.3) is 0 Å². The van der Waals surface area contributed by atoms with E-state index in [9.17, 15) is 9.90 Å². The first-order valence-electron chi connectivity index (χ1n) is 7.26. The van der Waals surface area contributed by atoms with Crippen LogP contribution in [0.1, 0.15) is 32.6 Å². The second kappa shape index (κ2) is 7.13. The Bertz CT molecular complexity index is 488. The van der Waals surface area contributed by atoms with Crippen molar-refractivity contribution in [2.24, 2.45) is 5.92 Å². The molecule has 3 N–H and O–H groups in total. The van der Waals surface area contributed by atoms with Crippen molar-refractivity contribution in [3.63, 3.8) is 0 Å². The molecule has 0 bridgehead atoms. The molecular weight excluding hydrogens is 288 g/mol. The van der Waals surface area contributed by atoms with Crippen molar-refractivity contribution in [3.8, 4) is 0 Å². The summed E-state index contributed by atoms with van der Waals surface area (Å²) in [6, 6.07) is 3.59. The Hall–Kier alpha value is -1.27. The molecule has 0 amide bonds. The largest absolute Gasteiger partial charge is 0.466 e. The van der Waals surface area contributed by atoms with E-state index in [1.165, 1.54) is 11.8 Å². The number of aliphatic hydroxyl groups is 1. The first-order valence-corrected chi connectivity index (χ1v) is 8.25. The molecule has 1 aliphatic carbocycles. The number of hydrogen-bond donors (Lipinski definition) is 2. The molecule has 0 aliphatic heterocycles. The Labute approximate surface area is 129 Å². The number of nitrogen functional groups attached to an aromatic ring is 1. The predicted molar refractivity (Wildman–Crippen MR) is 82.9 cm³/mol. The Morgan fingerprint density at radius 3 is 2.90 bits per heavy atom. The van der Waals surface area contributed by atoms with Gasteiger partial charge in [0.2, 0.25) is 0 Å². The van der Waals surface area contributed by atoms with Gasteiger partial charge in [0.25, 0.3) is 0 Å². The number of carbonyl (C=O) groups is 1. The lowest BCUT2D eigenvalue weighted by atomic mass is 9.80. The van der Waals surface area contributed by atoms with Crippen molar-refractivity contribution in [2.75, 3.05) is 18.1 Å². The zero-order valence-electron chi connectivity index (χ0n) is 12.2. The van der Waals surface area contributed by atoms with Crippen molar-refractivity contribution in [1.29, 1.82) is 0 Å². The molecule has 1 aromatic rings. The van der Waals surface area contributed by atoms with Crippen LogP contribution in [0.2, 0.25) is 0 Å².